The van der Waals surface area contributed by atoms with E-state index in [-0.39, 0.29) is 76.9 Å². The van der Waals surface area contributed by atoms with Crippen LogP contribution in [0.3, 0.4) is 0 Å². The molecule has 1 N–H and O–H groups in total. The first-order valence-electron chi connectivity index (χ1n) is 14.6. The molecule has 9 nitrogen and oxygen atoms in total. The summed E-state index contributed by atoms with van der Waals surface area (Å²) in [5.74, 6) is -1.34. The molecular formula is C32H54N4O5. The number of aliphatic hydroxyl groups is 1. The highest BCUT2D eigenvalue weighted by molar-refractivity contribution is 6.06. The molecule has 2 aliphatic rings. The predicted molar refractivity (Wildman–Crippen MR) is 162 cm³/mol. The molecule has 0 fully saturated rings. The molecule has 9 heteroatoms. The van der Waals surface area contributed by atoms with Crippen molar-refractivity contribution in [3.8, 4) is 0 Å². The lowest BCUT2D eigenvalue weighted by atomic mass is 9.92. The van der Waals surface area contributed by atoms with Gasteiger partial charge in [0.05, 0.1) is 12.1 Å². The average Bonchev–Trinajstić information content (AvgIpc) is 3.20. The van der Waals surface area contributed by atoms with Gasteiger partial charge >= 0.3 is 0 Å². The lowest BCUT2D eigenvalue weighted by Crippen LogP contribution is -2.47. The quantitative estimate of drug-likeness (QED) is 0.444. The van der Waals surface area contributed by atoms with Crippen molar-refractivity contribution in [2.24, 2.45) is 21.7 Å². The molecule has 0 aromatic carbocycles. The fourth-order valence-corrected chi connectivity index (χ4v) is 5.20. The Labute approximate surface area is 247 Å². The summed E-state index contributed by atoms with van der Waals surface area (Å²) in [5.41, 5.74) is -0.0233. The number of hydrogen-bond acceptors (Lipinski definition) is 5. The summed E-state index contributed by atoms with van der Waals surface area (Å²) >= 11 is 0. The third kappa shape index (κ3) is 10.8. The molecule has 0 unspecified atom stereocenters. The third-order valence-corrected chi connectivity index (χ3v) is 6.44. The molecule has 0 bridgehead atoms. The average molecular weight is 575 g/mol. The van der Waals surface area contributed by atoms with Crippen LogP contribution in [0.4, 0.5) is 0 Å². The Morgan fingerprint density at radius 1 is 0.683 bits per heavy atom. The Morgan fingerprint density at radius 2 is 1.05 bits per heavy atom. The Hall–Kier alpha value is -2.84. The van der Waals surface area contributed by atoms with E-state index in [9.17, 15) is 24.3 Å². The van der Waals surface area contributed by atoms with Crippen LogP contribution in [0.15, 0.2) is 23.0 Å². The summed E-state index contributed by atoms with van der Waals surface area (Å²) in [5, 5.41) is 10.8. The van der Waals surface area contributed by atoms with Crippen molar-refractivity contribution in [2.45, 2.75) is 83.1 Å². The van der Waals surface area contributed by atoms with Crippen LogP contribution in [0.2, 0.25) is 0 Å². The predicted octanol–water partition coefficient (Wildman–Crippen LogP) is 4.25. The van der Waals surface area contributed by atoms with Crippen molar-refractivity contribution in [2.75, 3.05) is 52.4 Å². The number of aliphatic hydroxyl groups excluding tert-OH is 1. The minimum atomic E-state index is -0.475. The highest BCUT2D eigenvalue weighted by Crippen LogP contribution is 2.29. The van der Waals surface area contributed by atoms with Gasteiger partial charge in [-0.1, -0.05) is 83.1 Å². The van der Waals surface area contributed by atoms with Gasteiger partial charge in [-0.25, -0.2) is 0 Å². The van der Waals surface area contributed by atoms with Gasteiger partial charge in [-0.3, -0.25) is 19.2 Å². The summed E-state index contributed by atoms with van der Waals surface area (Å²) in [4.78, 5) is 59.3. The molecule has 0 radical (unpaired) electrons. The van der Waals surface area contributed by atoms with E-state index in [1.54, 1.807) is 9.80 Å². The van der Waals surface area contributed by atoms with Gasteiger partial charge in [-0.2, -0.15) is 0 Å². The van der Waals surface area contributed by atoms with Gasteiger partial charge in [-0.05, 0) is 27.2 Å². The molecule has 2 heterocycles. The maximum atomic E-state index is 13.4. The summed E-state index contributed by atoms with van der Waals surface area (Å²) in [6.45, 7) is 26.7. The van der Waals surface area contributed by atoms with E-state index in [0.29, 0.717) is 31.8 Å². The number of carbonyl (C=O) groups is 4. The highest BCUT2D eigenvalue weighted by Gasteiger charge is 2.39. The summed E-state index contributed by atoms with van der Waals surface area (Å²) in [6.07, 6.45) is 1.32. The Kier molecular flexibility index (Phi) is 10.2. The molecule has 0 spiro atoms. The normalized spacial score (nSPS) is 17.0. The molecule has 2 aliphatic heterocycles. The van der Waals surface area contributed by atoms with E-state index in [1.165, 1.54) is 15.9 Å². The van der Waals surface area contributed by atoms with Crippen LogP contribution >= 0.6 is 0 Å². The second kappa shape index (κ2) is 12.2. The molecular weight excluding hydrogens is 520 g/mol. The number of hydrogen-bond donors (Lipinski definition) is 1. The number of amides is 4. The number of rotatable bonds is 9. The third-order valence-electron chi connectivity index (χ3n) is 6.44. The van der Waals surface area contributed by atoms with E-state index < -0.39 is 5.91 Å². The molecule has 0 atom stereocenters. The lowest BCUT2D eigenvalue weighted by molar-refractivity contribution is -0.139. The smallest absolute Gasteiger partial charge is 0.258 e. The van der Waals surface area contributed by atoms with Crippen LogP contribution in [0.1, 0.15) is 83.1 Å². The molecule has 232 valence electrons. The Morgan fingerprint density at radius 3 is 1.41 bits per heavy atom. The number of nitrogens with zero attached hydrogens (tertiary/aromatic N) is 4. The summed E-state index contributed by atoms with van der Waals surface area (Å²) in [7, 11) is 0. The molecule has 41 heavy (non-hydrogen) atoms. The van der Waals surface area contributed by atoms with Gasteiger partial charge < -0.3 is 24.7 Å². The zero-order chi connectivity index (χ0) is 31.7. The lowest BCUT2D eigenvalue weighted by Gasteiger charge is -2.35. The zero-order valence-electron chi connectivity index (χ0n) is 27.6. The minimum Gasteiger partial charge on any atom is -0.510 e. The van der Waals surface area contributed by atoms with Crippen molar-refractivity contribution < 1.29 is 24.3 Å². The van der Waals surface area contributed by atoms with E-state index in [2.05, 4.69) is 83.1 Å². The largest absolute Gasteiger partial charge is 0.510 e. The highest BCUT2D eigenvalue weighted by atomic mass is 16.3. The maximum absolute atomic E-state index is 13.4. The van der Waals surface area contributed by atoms with Gasteiger partial charge in [0.25, 0.3) is 5.91 Å². The fourth-order valence-electron chi connectivity index (χ4n) is 5.20. The Bertz CT molecular complexity index is 1060. The first-order chi connectivity index (χ1) is 18.3. The molecule has 0 saturated carbocycles. The van der Waals surface area contributed by atoms with Crippen LogP contribution in [-0.4, -0.2) is 101 Å². The molecule has 4 amide bonds. The van der Waals surface area contributed by atoms with Crippen LogP contribution in [-0.2, 0) is 19.2 Å². The van der Waals surface area contributed by atoms with Crippen LogP contribution < -0.4 is 0 Å². The second-order valence-electron chi connectivity index (χ2n) is 16.6. The Balaban J connectivity index is 2.13. The van der Waals surface area contributed by atoms with Crippen molar-refractivity contribution >= 4 is 23.6 Å². The van der Waals surface area contributed by atoms with Crippen molar-refractivity contribution in [1.29, 1.82) is 0 Å². The van der Waals surface area contributed by atoms with E-state index in [4.69, 9.17) is 0 Å². The van der Waals surface area contributed by atoms with Crippen molar-refractivity contribution in [3.63, 3.8) is 0 Å². The van der Waals surface area contributed by atoms with Gasteiger partial charge in [0.1, 0.15) is 18.8 Å². The van der Waals surface area contributed by atoms with E-state index in [1.807, 2.05) is 0 Å². The van der Waals surface area contributed by atoms with Gasteiger partial charge in [0.15, 0.2) is 0 Å². The van der Waals surface area contributed by atoms with E-state index in [0.717, 1.165) is 0 Å². The molecule has 0 saturated heterocycles. The van der Waals surface area contributed by atoms with E-state index >= 15 is 0 Å². The molecule has 0 aromatic heterocycles. The summed E-state index contributed by atoms with van der Waals surface area (Å²) < 4.78 is 0. The van der Waals surface area contributed by atoms with Crippen LogP contribution in [0.5, 0.6) is 0 Å². The first kappa shape index (κ1) is 34.4. The summed E-state index contributed by atoms with van der Waals surface area (Å²) in [6, 6.07) is 0. The first-order valence-corrected chi connectivity index (χ1v) is 14.6. The van der Waals surface area contributed by atoms with Crippen molar-refractivity contribution in [3.05, 3.63) is 23.0 Å². The molecule has 0 aliphatic carbocycles. The van der Waals surface area contributed by atoms with Crippen molar-refractivity contribution in [1.82, 2.24) is 19.6 Å². The molecule has 2 rings (SSSR count). The minimum absolute atomic E-state index is 0.0521. The van der Waals surface area contributed by atoms with Crippen LogP contribution in [0, 0.1) is 21.7 Å². The molecule has 0 aromatic rings. The topological polar surface area (TPSA) is 101 Å². The zero-order valence-corrected chi connectivity index (χ0v) is 27.6. The van der Waals surface area contributed by atoms with Gasteiger partial charge in [0, 0.05) is 38.8 Å². The van der Waals surface area contributed by atoms with Gasteiger partial charge in [0.2, 0.25) is 17.7 Å². The maximum Gasteiger partial charge on any atom is 0.258 e. The standard InChI is InChI=1S/C32H54N4O5/c1-29(2,3)18-35(19-30(4,5)6)25(39)16-33-14-22(13-24(33)38)27-23(37)15-34(28(27)41)17-26(40)36(20-31(7,8)9)21-32(10,11)12/h13,37H,14-21H2,1-12H3. The van der Waals surface area contributed by atoms with Crippen LogP contribution in [0.25, 0.3) is 0 Å². The van der Waals surface area contributed by atoms with Gasteiger partial charge in [-0.15, -0.1) is 0 Å². The SMILES string of the molecule is CC(C)(C)CN(CC(C)(C)C)C(=O)CN1CC(C2=C(O)CN(CC(=O)N(CC(C)(C)C)CC(C)(C)C)C2=O)=CC1=O. The monoisotopic (exact) mass is 574 g/mol. The second-order valence-corrected chi connectivity index (χ2v) is 16.6. The number of carbonyl (C=O) groups excluding carboxylic acids is 4. The fraction of sp³-hybridized carbons (Fsp3) is 0.750.